The highest BCUT2D eigenvalue weighted by molar-refractivity contribution is 5.69. The van der Waals surface area contributed by atoms with Crippen molar-refractivity contribution in [1.29, 1.82) is 0 Å². The molecular weight excluding hydrogens is 267 g/mol. The quantitative estimate of drug-likeness (QED) is 0.922. The van der Waals surface area contributed by atoms with Crippen LogP contribution in [0.1, 0.15) is 11.1 Å². The summed E-state index contributed by atoms with van der Waals surface area (Å²) in [6.45, 7) is 2.28. The zero-order chi connectivity index (χ0) is 14.8. The highest BCUT2D eigenvalue weighted by atomic mass is 19.4. The third kappa shape index (κ3) is 3.30. The maximum absolute atomic E-state index is 12.2. The van der Waals surface area contributed by atoms with E-state index < -0.39 is 6.36 Å². The second-order valence-corrected chi connectivity index (χ2v) is 4.37. The zero-order valence-electron chi connectivity index (χ0n) is 10.9. The van der Waals surface area contributed by atoms with Crippen molar-refractivity contribution in [1.82, 2.24) is 0 Å². The standard InChI is InChI=1S/C15H14F3NO/c1-10-12(9-19)5-3-7-14(10)11-4-2-6-13(8-11)20-15(16,17)18/h2-8H,9,19H2,1H3. The van der Waals surface area contributed by atoms with Gasteiger partial charge in [0.1, 0.15) is 5.75 Å². The topological polar surface area (TPSA) is 35.2 Å². The molecule has 5 heteroatoms. The van der Waals surface area contributed by atoms with E-state index >= 15 is 0 Å². The highest BCUT2D eigenvalue weighted by Crippen LogP contribution is 2.30. The van der Waals surface area contributed by atoms with Crippen molar-refractivity contribution in [2.45, 2.75) is 19.8 Å². The monoisotopic (exact) mass is 281 g/mol. The molecule has 2 aromatic rings. The summed E-state index contributed by atoms with van der Waals surface area (Å²) in [4.78, 5) is 0. The van der Waals surface area contributed by atoms with Crippen molar-refractivity contribution in [3.63, 3.8) is 0 Å². The molecule has 0 radical (unpaired) electrons. The summed E-state index contributed by atoms with van der Waals surface area (Å²) in [5, 5.41) is 0. The van der Waals surface area contributed by atoms with Crippen LogP contribution in [0.25, 0.3) is 11.1 Å². The molecule has 0 heterocycles. The molecular formula is C15H14F3NO. The Morgan fingerprint density at radius 2 is 1.80 bits per heavy atom. The molecule has 0 bridgehead atoms. The molecule has 2 nitrogen and oxygen atoms in total. The third-order valence-corrected chi connectivity index (χ3v) is 3.04. The Morgan fingerprint density at radius 3 is 2.45 bits per heavy atom. The van der Waals surface area contributed by atoms with Gasteiger partial charge in [-0.25, -0.2) is 0 Å². The Bertz CT molecular complexity index is 608. The van der Waals surface area contributed by atoms with Crippen LogP contribution in [-0.2, 0) is 6.54 Å². The average Bonchev–Trinajstić information content (AvgIpc) is 2.37. The highest BCUT2D eigenvalue weighted by Gasteiger charge is 2.31. The Balaban J connectivity index is 2.41. The van der Waals surface area contributed by atoms with Gasteiger partial charge in [-0.15, -0.1) is 13.2 Å². The fraction of sp³-hybridized carbons (Fsp3) is 0.200. The third-order valence-electron chi connectivity index (χ3n) is 3.04. The predicted octanol–water partition coefficient (Wildman–Crippen LogP) is 4.02. The lowest BCUT2D eigenvalue weighted by atomic mass is 9.96. The van der Waals surface area contributed by atoms with Crippen molar-refractivity contribution < 1.29 is 17.9 Å². The van der Waals surface area contributed by atoms with Gasteiger partial charge in [0.25, 0.3) is 0 Å². The summed E-state index contributed by atoms with van der Waals surface area (Å²) in [6.07, 6.45) is -4.69. The molecule has 0 aliphatic rings. The van der Waals surface area contributed by atoms with Crippen LogP contribution < -0.4 is 10.5 Å². The molecule has 0 spiro atoms. The van der Waals surface area contributed by atoms with Gasteiger partial charge in [0.2, 0.25) is 0 Å². The molecule has 0 unspecified atom stereocenters. The first-order valence-electron chi connectivity index (χ1n) is 6.05. The minimum absolute atomic E-state index is 0.229. The van der Waals surface area contributed by atoms with Gasteiger partial charge >= 0.3 is 6.36 Å². The molecule has 0 atom stereocenters. The first-order chi connectivity index (χ1) is 9.40. The number of hydrogen-bond donors (Lipinski definition) is 1. The van der Waals surface area contributed by atoms with E-state index in [2.05, 4.69) is 4.74 Å². The van der Waals surface area contributed by atoms with E-state index in [0.29, 0.717) is 12.1 Å². The van der Waals surface area contributed by atoms with Crippen molar-refractivity contribution >= 4 is 0 Å². The van der Waals surface area contributed by atoms with E-state index in [4.69, 9.17) is 5.73 Å². The van der Waals surface area contributed by atoms with Crippen molar-refractivity contribution in [2.24, 2.45) is 5.73 Å². The van der Waals surface area contributed by atoms with Gasteiger partial charge in [0, 0.05) is 6.54 Å². The lowest BCUT2D eigenvalue weighted by Crippen LogP contribution is -2.17. The minimum atomic E-state index is -4.69. The fourth-order valence-corrected chi connectivity index (χ4v) is 2.08. The van der Waals surface area contributed by atoms with Crippen LogP contribution in [0, 0.1) is 6.92 Å². The van der Waals surface area contributed by atoms with Crippen LogP contribution in [0.2, 0.25) is 0 Å². The van der Waals surface area contributed by atoms with Gasteiger partial charge < -0.3 is 10.5 Å². The van der Waals surface area contributed by atoms with Crippen LogP contribution >= 0.6 is 0 Å². The lowest BCUT2D eigenvalue weighted by Gasteiger charge is -2.13. The molecule has 2 aromatic carbocycles. The van der Waals surface area contributed by atoms with Gasteiger partial charge in [-0.05, 0) is 41.3 Å². The Labute approximate surface area is 115 Å². The zero-order valence-corrected chi connectivity index (χ0v) is 10.9. The van der Waals surface area contributed by atoms with Crippen molar-refractivity contribution in [2.75, 3.05) is 0 Å². The Kier molecular flexibility index (Phi) is 3.99. The first-order valence-corrected chi connectivity index (χ1v) is 6.05. The number of ether oxygens (including phenoxy) is 1. The summed E-state index contributed by atoms with van der Waals surface area (Å²) in [7, 11) is 0. The molecule has 0 saturated carbocycles. The number of nitrogens with two attached hydrogens (primary N) is 1. The summed E-state index contributed by atoms with van der Waals surface area (Å²) in [6, 6.07) is 11.5. The summed E-state index contributed by atoms with van der Waals surface area (Å²) >= 11 is 0. The van der Waals surface area contributed by atoms with E-state index in [1.54, 1.807) is 6.07 Å². The number of alkyl halides is 3. The number of halogens is 3. The fourth-order valence-electron chi connectivity index (χ4n) is 2.08. The SMILES string of the molecule is Cc1c(CN)cccc1-c1cccc(OC(F)(F)F)c1. The van der Waals surface area contributed by atoms with Crippen LogP contribution in [0.5, 0.6) is 5.75 Å². The number of rotatable bonds is 3. The molecule has 0 fully saturated rings. The number of hydrogen-bond acceptors (Lipinski definition) is 2. The Morgan fingerprint density at radius 1 is 1.10 bits per heavy atom. The van der Waals surface area contributed by atoms with E-state index in [-0.39, 0.29) is 5.75 Å². The van der Waals surface area contributed by atoms with E-state index in [9.17, 15) is 13.2 Å². The van der Waals surface area contributed by atoms with Crippen molar-refractivity contribution in [3.05, 3.63) is 53.6 Å². The van der Waals surface area contributed by atoms with Crippen LogP contribution in [-0.4, -0.2) is 6.36 Å². The van der Waals surface area contributed by atoms with Crippen LogP contribution in [0.4, 0.5) is 13.2 Å². The smallest absolute Gasteiger partial charge is 0.406 e. The summed E-state index contributed by atoms with van der Waals surface area (Å²) < 4.78 is 40.6. The Hall–Kier alpha value is -2.01. The molecule has 0 aliphatic carbocycles. The largest absolute Gasteiger partial charge is 0.573 e. The molecule has 0 aromatic heterocycles. The molecule has 20 heavy (non-hydrogen) atoms. The second kappa shape index (κ2) is 5.54. The maximum atomic E-state index is 12.2. The lowest BCUT2D eigenvalue weighted by molar-refractivity contribution is -0.274. The van der Waals surface area contributed by atoms with E-state index in [0.717, 1.165) is 16.7 Å². The molecule has 0 amide bonds. The summed E-state index contributed by atoms with van der Waals surface area (Å²) in [5.41, 5.74) is 9.07. The summed E-state index contributed by atoms with van der Waals surface area (Å²) in [5.74, 6) is -0.229. The van der Waals surface area contributed by atoms with Gasteiger partial charge in [0.15, 0.2) is 0 Å². The van der Waals surface area contributed by atoms with E-state index in [1.807, 2.05) is 25.1 Å². The minimum Gasteiger partial charge on any atom is -0.406 e. The van der Waals surface area contributed by atoms with Crippen LogP contribution in [0.15, 0.2) is 42.5 Å². The van der Waals surface area contributed by atoms with Gasteiger partial charge in [-0.3, -0.25) is 0 Å². The van der Waals surface area contributed by atoms with Crippen LogP contribution in [0.3, 0.4) is 0 Å². The van der Waals surface area contributed by atoms with Crippen molar-refractivity contribution in [3.8, 4) is 16.9 Å². The van der Waals surface area contributed by atoms with Gasteiger partial charge in [0.05, 0.1) is 0 Å². The van der Waals surface area contributed by atoms with Gasteiger partial charge in [-0.1, -0.05) is 30.3 Å². The van der Waals surface area contributed by atoms with Gasteiger partial charge in [-0.2, -0.15) is 0 Å². The van der Waals surface area contributed by atoms with E-state index in [1.165, 1.54) is 18.2 Å². The second-order valence-electron chi connectivity index (χ2n) is 4.37. The normalized spacial score (nSPS) is 11.4. The molecule has 106 valence electrons. The first kappa shape index (κ1) is 14.4. The predicted molar refractivity (Wildman–Crippen MR) is 71.2 cm³/mol. The maximum Gasteiger partial charge on any atom is 0.573 e. The average molecular weight is 281 g/mol. The number of benzene rings is 2. The molecule has 0 aliphatic heterocycles. The molecule has 2 rings (SSSR count). The molecule has 2 N–H and O–H groups in total. The molecule has 0 saturated heterocycles.